The second-order valence-electron chi connectivity index (χ2n) is 3.55. The lowest BCUT2D eigenvalue weighted by Crippen LogP contribution is -1.96. The Balaban J connectivity index is 2.37. The molecule has 1 atom stereocenters. The Bertz CT molecular complexity index is 434. The number of rotatable bonds is 2. The summed E-state index contributed by atoms with van der Waals surface area (Å²) >= 11 is 0. The predicted octanol–water partition coefficient (Wildman–Crippen LogP) is 3.85. The molecule has 0 fully saturated rings. The van der Waals surface area contributed by atoms with E-state index in [0.29, 0.717) is 5.56 Å². The number of benzene rings is 2. The molecule has 0 aliphatic heterocycles. The molecule has 0 aliphatic carbocycles. The molecule has 15 heavy (non-hydrogen) atoms. The van der Waals surface area contributed by atoms with Gasteiger partial charge in [0.1, 0.15) is 0 Å². The highest BCUT2D eigenvalue weighted by Gasteiger charge is 2.13. The molecule has 0 amide bonds. The molecule has 2 aromatic rings. The normalized spacial score (nSPS) is 12.4. The third kappa shape index (κ3) is 2.07. The summed E-state index contributed by atoms with van der Waals surface area (Å²) in [6.07, 6.45) is -1.04. The Hall–Kier alpha value is -1.63. The number of alkyl halides is 1. The van der Waals surface area contributed by atoms with Crippen molar-refractivity contribution in [2.45, 2.75) is 13.1 Å². The topological polar surface area (TPSA) is 0 Å². The van der Waals surface area contributed by atoms with Gasteiger partial charge in [-0.1, -0.05) is 48.5 Å². The van der Waals surface area contributed by atoms with E-state index in [9.17, 15) is 4.39 Å². The summed E-state index contributed by atoms with van der Waals surface area (Å²) in [4.78, 5) is 0. The van der Waals surface area contributed by atoms with Gasteiger partial charge in [-0.3, -0.25) is 0 Å². The first-order chi connectivity index (χ1) is 7.29. The van der Waals surface area contributed by atoms with E-state index in [1.54, 1.807) is 24.3 Å². The van der Waals surface area contributed by atoms with Crippen molar-refractivity contribution in [1.82, 2.24) is 0 Å². The molecule has 1 radical (unpaired) electrons. The Labute approximate surface area is 89.4 Å². The van der Waals surface area contributed by atoms with Crippen LogP contribution in [-0.2, 0) is 0 Å². The molecule has 0 bridgehead atoms. The fourth-order valence-electron chi connectivity index (χ4n) is 1.62. The molecular weight excluding hydrogens is 187 g/mol. The SMILES string of the molecule is Cc1ccccc1C(F)c1cc[c]cc1. The molecule has 2 rings (SSSR count). The van der Waals surface area contributed by atoms with Crippen LogP contribution >= 0.6 is 0 Å². The number of hydrogen-bond donors (Lipinski definition) is 0. The van der Waals surface area contributed by atoms with Gasteiger partial charge in [0.25, 0.3) is 0 Å². The lowest BCUT2D eigenvalue weighted by atomic mass is 9.99. The van der Waals surface area contributed by atoms with Crippen LogP contribution in [0.25, 0.3) is 0 Å². The molecule has 1 unspecified atom stereocenters. The molecule has 75 valence electrons. The van der Waals surface area contributed by atoms with Gasteiger partial charge in [0.15, 0.2) is 6.17 Å². The van der Waals surface area contributed by atoms with E-state index in [2.05, 4.69) is 6.07 Å². The largest absolute Gasteiger partial charge is 0.237 e. The first-order valence-corrected chi connectivity index (χ1v) is 4.94. The van der Waals surface area contributed by atoms with Gasteiger partial charge < -0.3 is 0 Å². The minimum atomic E-state index is -1.04. The van der Waals surface area contributed by atoms with Crippen LogP contribution in [0, 0.1) is 13.0 Å². The maximum Gasteiger partial charge on any atom is 0.150 e. The van der Waals surface area contributed by atoms with E-state index in [-0.39, 0.29) is 0 Å². The second-order valence-corrected chi connectivity index (χ2v) is 3.55. The summed E-state index contributed by atoms with van der Waals surface area (Å²) in [6, 6.07) is 17.4. The van der Waals surface area contributed by atoms with Crippen molar-refractivity contribution in [3.8, 4) is 0 Å². The smallest absolute Gasteiger partial charge is 0.150 e. The van der Waals surface area contributed by atoms with E-state index >= 15 is 0 Å². The van der Waals surface area contributed by atoms with Crippen LogP contribution in [0.1, 0.15) is 22.9 Å². The zero-order chi connectivity index (χ0) is 10.7. The molecular formula is C14H12F. The summed E-state index contributed by atoms with van der Waals surface area (Å²) in [5.41, 5.74) is 2.41. The summed E-state index contributed by atoms with van der Waals surface area (Å²) in [5, 5.41) is 0. The highest BCUT2D eigenvalue weighted by Crippen LogP contribution is 2.27. The Kier molecular flexibility index (Phi) is 2.82. The van der Waals surface area contributed by atoms with Gasteiger partial charge >= 0.3 is 0 Å². The molecule has 0 aliphatic rings. The van der Waals surface area contributed by atoms with Crippen LogP contribution < -0.4 is 0 Å². The first kappa shape index (κ1) is 9.91. The number of hydrogen-bond acceptors (Lipinski definition) is 0. The Morgan fingerprint density at radius 2 is 1.73 bits per heavy atom. The lowest BCUT2D eigenvalue weighted by Gasteiger charge is -2.11. The van der Waals surface area contributed by atoms with E-state index < -0.39 is 6.17 Å². The monoisotopic (exact) mass is 199 g/mol. The highest BCUT2D eigenvalue weighted by molar-refractivity contribution is 5.34. The van der Waals surface area contributed by atoms with E-state index in [1.807, 2.05) is 31.2 Å². The molecule has 0 aromatic heterocycles. The lowest BCUT2D eigenvalue weighted by molar-refractivity contribution is 0.400. The summed E-state index contributed by atoms with van der Waals surface area (Å²) < 4.78 is 14.1. The third-order valence-corrected chi connectivity index (χ3v) is 2.50. The minimum Gasteiger partial charge on any atom is -0.237 e. The van der Waals surface area contributed by atoms with Gasteiger partial charge in [0, 0.05) is 0 Å². The maximum absolute atomic E-state index is 14.1. The van der Waals surface area contributed by atoms with Crippen LogP contribution in [0.5, 0.6) is 0 Å². The Morgan fingerprint density at radius 1 is 1.07 bits per heavy atom. The average Bonchev–Trinajstić information content (AvgIpc) is 2.30. The molecule has 1 heteroatoms. The van der Waals surface area contributed by atoms with Crippen LogP contribution in [0.3, 0.4) is 0 Å². The van der Waals surface area contributed by atoms with Crippen LogP contribution in [0.4, 0.5) is 4.39 Å². The maximum atomic E-state index is 14.1. The second kappa shape index (κ2) is 4.26. The van der Waals surface area contributed by atoms with Crippen molar-refractivity contribution in [2.24, 2.45) is 0 Å². The molecule has 0 saturated heterocycles. The van der Waals surface area contributed by atoms with Crippen molar-refractivity contribution in [3.05, 3.63) is 71.3 Å². The van der Waals surface area contributed by atoms with Crippen molar-refractivity contribution in [2.75, 3.05) is 0 Å². The van der Waals surface area contributed by atoms with E-state index in [1.165, 1.54) is 0 Å². The first-order valence-electron chi connectivity index (χ1n) is 4.94. The van der Waals surface area contributed by atoms with Gasteiger partial charge in [-0.25, -0.2) is 4.39 Å². The van der Waals surface area contributed by atoms with Gasteiger partial charge in [0.2, 0.25) is 0 Å². The van der Waals surface area contributed by atoms with Gasteiger partial charge in [-0.05, 0) is 29.7 Å². The van der Waals surface area contributed by atoms with Crippen LogP contribution in [-0.4, -0.2) is 0 Å². The fourth-order valence-corrected chi connectivity index (χ4v) is 1.62. The van der Waals surface area contributed by atoms with E-state index in [4.69, 9.17) is 0 Å². The quantitative estimate of drug-likeness (QED) is 0.689. The molecule has 0 saturated carbocycles. The van der Waals surface area contributed by atoms with E-state index in [0.717, 1.165) is 11.1 Å². The predicted molar refractivity (Wildman–Crippen MR) is 59.4 cm³/mol. The molecule has 0 N–H and O–H groups in total. The zero-order valence-corrected chi connectivity index (χ0v) is 8.57. The van der Waals surface area contributed by atoms with Gasteiger partial charge in [-0.2, -0.15) is 0 Å². The third-order valence-electron chi connectivity index (χ3n) is 2.50. The molecule has 0 nitrogen and oxygen atoms in total. The highest BCUT2D eigenvalue weighted by atomic mass is 19.1. The van der Waals surface area contributed by atoms with Crippen molar-refractivity contribution < 1.29 is 4.39 Å². The summed E-state index contributed by atoms with van der Waals surface area (Å²) in [5.74, 6) is 0. The number of halogens is 1. The van der Waals surface area contributed by atoms with Crippen molar-refractivity contribution in [3.63, 3.8) is 0 Å². The zero-order valence-electron chi connectivity index (χ0n) is 8.57. The van der Waals surface area contributed by atoms with Crippen LogP contribution in [0.15, 0.2) is 48.5 Å². The summed E-state index contributed by atoms with van der Waals surface area (Å²) in [6.45, 7) is 1.93. The molecule has 0 spiro atoms. The fraction of sp³-hybridized carbons (Fsp3) is 0.143. The Morgan fingerprint density at radius 3 is 2.40 bits per heavy atom. The van der Waals surface area contributed by atoms with Crippen LogP contribution in [0.2, 0.25) is 0 Å². The summed E-state index contributed by atoms with van der Waals surface area (Å²) in [7, 11) is 0. The minimum absolute atomic E-state index is 0.683. The average molecular weight is 199 g/mol. The van der Waals surface area contributed by atoms with Gasteiger partial charge in [-0.15, -0.1) is 0 Å². The van der Waals surface area contributed by atoms with Crippen molar-refractivity contribution in [1.29, 1.82) is 0 Å². The molecule has 2 aromatic carbocycles. The van der Waals surface area contributed by atoms with Gasteiger partial charge in [0.05, 0.1) is 0 Å². The number of aryl methyl sites for hydroxylation is 1. The molecule has 0 heterocycles. The standard InChI is InChI=1S/C14H12F/c1-11-7-5-6-10-13(11)14(15)12-8-3-2-4-9-12/h3-10,14H,1H3. The van der Waals surface area contributed by atoms with Crippen molar-refractivity contribution >= 4 is 0 Å².